The molecule has 0 spiro atoms. The fourth-order valence-corrected chi connectivity index (χ4v) is 3.32. The topological polar surface area (TPSA) is 61.4 Å². The molecule has 4 heteroatoms. The summed E-state index contributed by atoms with van der Waals surface area (Å²) in [5.41, 5.74) is 3.07. The van der Waals surface area contributed by atoms with Gasteiger partial charge in [0.25, 0.3) is 5.91 Å². The Morgan fingerprint density at radius 2 is 2.05 bits per heavy atom. The van der Waals surface area contributed by atoms with Crippen LogP contribution in [-0.2, 0) is 6.42 Å². The third-order valence-corrected chi connectivity index (χ3v) is 4.60. The van der Waals surface area contributed by atoms with E-state index in [1.54, 1.807) is 0 Å². The summed E-state index contributed by atoms with van der Waals surface area (Å²) in [6.45, 7) is 1.01. The largest absolute Gasteiger partial charge is 0.391 e. The van der Waals surface area contributed by atoms with Crippen LogP contribution in [0.2, 0.25) is 0 Å². The van der Waals surface area contributed by atoms with E-state index in [0.29, 0.717) is 5.56 Å². The molecule has 2 atom stereocenters. The molecule has 4 nitrogen and oxygen atoms in total. The molecule has 0 aromatic heterocycles. The van der Waals surface area contributed by atoms with Crippen molar-refractivity contribution < 1.29 is 9.90 Å². The molecule has 2 unspecified atom stereocenters. The van der Waals surface area contributed by atoms with Crippen LogP contribution in [0, 0.1) is 0 Å². The van der Waals surface area contributed by atoms with Crippen molar-refractivity contribution in [2.24, 2.45) is 0 Å². The lowest BCUT2D eigenvalue weighted by molar-refractivity contribution is 0.0818. The first-order valence-electron chi connectivity index (χ1n) is 8.10. The van der Waals surface area contributed by atoms with Crippen molar-refractivity contribution in [1.29, 1.82) is 0 Å². The molecule has 0 radical (unpaired) electrons. The first kappa shape index (κ1) is 14.4. The molecule has 1 aromatic rings. The van der Waals surface area contributed by atoms with E-state index in [0.717, 1.165) is 57.2 Å². The van der Waals surface area contributed by atoms with Crippen LogP contribution in [-0.4, -0.2) is 29.7 Å². The number of benzene rings is 1. The van der Waals surface area contributed by atoms with Crippen LogP contribution in [0.1, 0.15) is 54.4 Å². The van der Waals surface area contributed by atoms with Crippen LogP contribution < -0.4 is 10.6 Å². The number of hydrogen-bond acceptors (Lipinski definition) is 3. The fraction of sp³-hybridized carbons (Fsp3) is 0.588. The smallest absolute Gasteiger partial charge is 0.251 e. The van der Waals surface area contributed by atoms with Gasteiger partial charge in [-0.25, -0.2) is 0 Å². The van der Waals surface area contributed by atoms with E-state index < -0.39 is 6.10 Å². The van der Waals surface area contributed by atoms with Crippen LogP contribution in [0.4, 0.5) is 5.69 Å². The highest BCUT2D eigenvalue weighted by molar-refractivity contribution is 5.95. The predicted octanol–water partition coefficient (Wildman–Crippen LogP) is 2.47. The minimum absolute atomic E-state index is 0.0608. The number of rotatable bonds is 2. The van der Waals surface area contributed by atoms with E-state index in [9.17, 15) is 9.90 Å². The quantitative estimate of drug-likeness (QED) is 0.733. The Morgan fingerprint density at radius 1 is 1.19 bits per heavy atom. The van der Waals surface area contributed by atoms with Gasteiger partial charge in [-0.3, -0.25) is 4.79 Å². The minimum Gasteiger partial charge on any atom is -0.391 e. The first-order valence-corrected chi connectivity index (χ1v) is 8.10. The van der Waals surface area contributed by atoms with Crippen LogP contribution in [0.3, 0.4) is 0 Å². The third kappa shape index (κ3) is 3.38. The Balaban J connectivity index is 1.69. The predicted molar refractivity (Wildman–Crippen MR) is 83.6 cm³/mol. The minimum atomic E-state index is -0.407. The van der Waals surface area contributed by atoms with Crippen molar-refractivity contribution in [1.82, 2.24) is 5.32 Å². The molecule has 0 saturated heterocycles. The van der Waals surface area contributed by atoms with Crippen LogP contribution in [0.15, 0.2) is 18.2 Å². The van der Waals surface area contributed by atoms with Gasteiger partial charge in [0.15, 0.2) is 0 Å². The van der Waals surface area contributed by atoms with Crippen molar-refractivity contribution in [2.45, 2.75) is 57.1 Å². The van der Waals surface area contributed by atoms with Gasteiger partial charge in [-0.05, 0) is 49.4 Å². The van der Waals surface area contributed by atoms with Crippen molar-refractivity contribution >= 4 is 11.6 Å². The number of aliphatic hydroxyl groups excluding tert-OH is 1. The summed E-state index contributed by atoms with van der Waals surface area (Å²) in [6.07, 6.45) is 6.67. The van der Waals surface area contributed by atoms with E-state index in [2.05, 4.69) is 10.6 Å². The highest BCUT2D eigenvalue weighted by Gasteiger charge is 2.24. The zero-order valence-corrected chi connectivity index (χ0v) is 12.4. The third-order valence-electron chi connectivity index (χ3n) is 4.60. The average Bonchev–Trinajstić information content (AvgIpc) is 2.72. The number of hydrogen-bond donors (Lipinski definition) is 3. The van der Waals surface area contributed by atoms with Gasteiger partial charge in [-0.15, -0.1) is 0 Å². The van der Waals surface area contributed by atoms with Gasteiger partial charge in [-0.1, -0.05) is 19.3 Å². The number of carbonyl (C=O) groups excluding carboxylic acids is 1. The molecule has 1 amide bonds. The van der Waals surface area contributed by atoms with Crippen molar-refractivity contribution in [3.05, 3.63) is 29.3 Å². The van der Waals surface area contributed by atoms with Crippen LogP contribution in [0.25, 0.3) is 0 Å². The Kier molecular flexibility index (Phi) is 4.44. The second-order valence-corrected chi connectivity index (χ2v) is 6.19. The molecule has 0 bridgehead atoms. The second-order valence-electron chi connectivity index (χ2n) is 6.19. The lowest BCUT2D eigenvalue weighted by atomic mass is 10.00. The van der Waals surface area contributed by atoms with Gasteiger partial charge in [0.2, 0.25) is 0 Å². The van der Waals surface area contributed by atoms with E-state index in [1.807, 2.05) is 18.2 Å². The highest BCUT2D eigenvalue weighted by atomic mass is 16.3. The summed E-state index contributed by atoms with van der Waals surface area (Å²) in [5, 5.41) is 16.5. The summed E-state index contributed by atoms with van der Waals surface area (Å²) in [5.74, 6) is -0.0608. The lowest BCUT2D eigenvalue weighted by Gasteiger charge is -2.23. The molecule has 1 aromatic carbocycles. The lowest BCUT2D eigenvalue weighted by Crippen LogP contribution is -2.42. The van der Waals surface area contributed by atoms with Crippen LogP contribution in [0.5, 0.6) is 0 Å². The average molecular weight is 288 g/mol. The Hall–Kier alpha value is -1.55. The Labute approximate surface area is 125 Å². The molecule has 3 rings (SSSR count). The number of carbonyl (C=O) groups is 1. The molecule has 1 aliphatic heterocycles. The zero-order valence-electron chi connectivity index (χ0n) is 12.4. The van der Waals surface area contributed by atoms with E-state index in [-0.39, 0.29) is 11.9 Å². The molecule has 1 fully saturated rings. The summed E-state index contributed by atoms with van der Waals surface area (Å²) < 4.78 is 0. The summed E-state index contributed by atoms with van der Waals surface area (Å²) in [7, 11) is 0. The summed E-state index contributed by atoms with van der Waals surface area (Å²) in [6, 6.07) is 5.75. The Bertz CT molecular complexity index is 516. The van der Waals surface area contributed by atoms with Gasteiger partial charge in [0.1, 0.15) is 0 Å². The van der Waals surface area contributed by atoms with E-state index >= 15 is 0 Å². The molecule has 1 aliphatic carbocycles. The van der Waals surface area contributed by atoms with Gasteiger partial charge >= 0.3 is 0 Å². The molecule has 3 N–H and O–H groups in total. The highest BCUT2D eigenvalue weighted by Crippen LogP contribution is 2.23. The monoisotopic (exact) mass is 288 g/mol. The van der Waals surface area contributed by atoms with Gasteiger partial charge < -0.3 is 15.7 Å². The molecule has 114 valence electrons. The number of anilines is 1. The van der Waals surface area contributed by atoms with Crippen molar-refractivity contribution in [2.75, 3.05) is 11.9 Å². The molecule has 2 aliphatic rings. The maximum atomic E-state index is 12.4. The number of amides is 1. The Morgan fingerprint density at radius 3 is 2.95 bits per heavy atom. The van der Waals surface area contributed by atoms with E-state index in [4.69, 9.17) is 0 Å². The van der Waals surface area contributed by atoms with Crippen molar-refractivity contribution in [3.63, 3.8) is 0 Å². The molecular formula is C17H24N2O2. The number of aryl methyl sites for hydroxylation is 1. The summed E-state index contributed by atoms with van der Waals surface area (Å²) >= 11 is 0. The fourth-order valence-electron chi connectivity index (χ4n) is 3.32. The molecule has 21 heavy (non-hydrogen) atoms. The summed E-state index contributed by atoms with van der Waals surface area (Å²) in [4.78, 5) is 12.4. The zero-order chi connectivity index (χ0) is 14.7. The maximum absolute atomic E-state index is 12.4. The second kappa shape index (κ2) is 6.48. The first-order chi connectivity index (χ1) is 10.2. The van der Waals surface area contributed by atoms with Gasteiger partial charge in [0.05, 0.1) is 12.1 Å². The maximum Gasteiger partial charge on any atom is 0.251 e. The standard InChI is InChI=1S/C17H24N2O2/c20-16-7-3-1-2-6-15(16)19-17(21)13-8-9-14-12(11-13)5-4-10-18-14/h8-9,11,15-16,18,20H,1-7,10H2,(H,19,21). The normalized spacial score (nSPS) is 25.4. The SMILES string of the molecule is O=C(NC1CCCCCC1O)c1ccc2c(c1)CCCN2. The van der Waals surface area contributed by atoms with E-state index in [1.165, 1.54) is 5.56 Å². The molecule has 1 heterocycles. The van der Waals surface area contributed by atoms with Gasteiger partial charge in [0, 0.05) is 17.8 Å². The van der Waals surface area contributed by atoms with Crippen molar-refractivity contribution in [3.8, 4) is 0 Å². The number of aliphatic hydroxyl groups is 1. The van der Waals surface area contributed by atoms with Gasteiger partial charge in [-0.2, -0.15) is 0 Å². The number of nitrogens with one attached hydrogen (secondary N) is 2. The molecular weight excluding hydrogens is 264 g/mol. The number of fused-ring (bicyclic) bond motifs is 1. The van der Waals surface area contributed by atoms with Crippen LogP contribution >= 0.6 is 0 Å². The molecule has 1 saturated carbocycles.